The molecule has 12 heavy (non-hydrogen) atoms. The van der Waals surface area contributed by atoms with E-state index in [0.29, 0.717) is 5.03 Å². The van der Waals surface area contributed by atoms with Crippen molar-refractivity contribution < 1.29 is 5.11 Å². The van der Waals surface area contributed by atoms with Crippen LogP contribution in [-0.2, 0) is 0 Å². The molecule has 0 spiro atoms. The molecule has 2 heteroatoms. The minimum absolute atomic E-state index is 0.0950. The lowest BCUT2D eigenvalue weighted by molar-refractivity contribution is 0.339. The summed E-state index contributed by atoms with van der Waals surface area (Å²) in [5, 5.41) is 9.28. The lowest BCUT2D eigenvalue weighted by Gasteiger charge is -2.02. The SMILES string of the molecule is C/C(=C(\Cl)CO)c1ccccc1. The van der Waals surface area contributed by atoms with E-state index in [-0.39, 0.29) is 6.61 Å². The zero-order chi connectivity index (χ0) is 8.97. The summed E-state index contributed by atoms with van der Waals surface area (Å²) in [6, 6.07) is 9.77. The van der Waals surface area contributed by atoms with E-state index in [9.17, 15) is 0 Å². The first-order valence-electron chi connectivity index (χ1n) is 3.77. The maximum Gasteiger partial charge on any atom is 0.0790 e. The molecule has 0 saturated heterocycles. The number of allylic oxidation sites excluding steroid dienone is 1. The van der Waals surface area contributed by atoms with Gasteiger partial charge in [-0.05, 0) is 18.1 Å². The number of rotatable bonds is 2. The van der Waals surface area contributed by atoms with Crippen molar-refractivity contribution in [2.75, 3.05) is 6.61 Å². The highest BCUT2D eigenvalue weighted by molar-refractivity contribution is 6.32. The third kappa shape index (κ3) is 2.10. The molecule has 1 aromatic rings. The minimum atomic E-state index is -0.0950. The van der Waals surface area contributed by atoms with Crippen molar-refractivity contribution in [2.24, 2.45) is 0 Å². The molecule has 0 aliphatic rings. The van der Waals surface area contributed by atoms with Crippen LogP contribution in [0.3, 0.4) is 0 Å². The van der Waals surface area contributed by atoms with Gasteiger partial charge >= 0.3 is 0 Å². The Kier molecular flexibility index (Phi) is 3.32. The van der Waals surface area contributed by atoms with Crippen molar-refractivity contribution in [1.82, 2.24) is 0 Å². The molecule has 0 heterocycles. The average Bonchev–Trinajstić information content (AvgIpc) is 2.17. The van der Waals surface area contributed by atoms with E-state index >= 15 is 0 Å². The standard InChI is InChI=1S/C10H11ClO/c1-8(10(11)7-12)9-5-3-2-4-6-9/h2-6,12H,7H2,1H3/b10-8+. The minimum Gasteiger partial charge on any atom is -0.391 e. The molecule has 1 nitrogen and oxygen atoms in total. The van der Waals surface area contributed by atoms with Gasteiger partial charge in [0.05, 0.1) is 6.61 Å². The number of benzene rings is 1. The summed E-state index contributed by atoms with van der Waals surface area (Å²) in [6.45, 7) is 1.80. The first-order chi connectivity index (χ1) is 5.75. The van der Waals surface area contributed by atoms with Crippen molar-refractivity contribution in [1.29, 1.82) is 0 Å². The average molecular weight is 183 g/mol. The molecule has 0 aromatic heterocycles. The molecule has 0 aliphatic carbocycles. The van der Waals surface area contributed by atoms with Gasteiger partial charge in [0.15, 0.2) is 0 Å². The van der Waals surface area contributed by atoms with Gasteiger partial charge in [0.2, 0.25) is 0 Å². The normalized spacial score (nSPS) is 12.6. The molecule has 0 bridgehead atoms. The molecule has 0 amide bonds. The van der Waals surface area contributed by atoms with Gasteiger partial charge in [-0.15, -0.1) is 0 Å². The zero-order valence-electron chi connectivity index (χ0n) is 6.92. The van der Waals surface area contributed by atoms with Gasteiger partial charge in [-0.1, -0.05) is 41.9 Å². The lowest BCUT2D eigenvalue weighted by Crippen LogP contribution is -1.87. The smallest absolute Gasteiger partial charge is 0.0790 e. The molecular weight excluding hydrogens is 172 g/mol. The van der Waals surface area contributed by atoms with Crippen LogP contribution >= 0.6 is 11.6 Å². The Bertz CT molecular complexity index is 277. The van der Waals surface area contributed by atoms with Gasteiger partial charge in [0, 0.05) is 5.03 Å². The quantitative estimate of drug-likeness (QED) is 0.746. The monoisotopic (exact) mass is 182 g/mol. The molecule has 64 valence electrons. The van der Waals surface area contributed by atoms with Crippen molar-refractivity contribution in [3.63, 3.8) is 0 Å². The van der Waals surface area contributed by atoms with Gasteiger partial charge in [-0.3, -0.25) is 0 Å². The summed E-state index contributed by atoms with van der Waals surface area (Å²) in [6.07, 6.45) is 0. The number of hydrogen-bond acceptors (Lipinski definition) is 1. The topological polar surface area (TPSA) is 20.2 Å². The van der Waals surface area contributed by atoms with Crippen LogP contribution < -0.4 is 0 Å². The Labute approximate surface area is 77.3 Å². The summed E-state index contributed by atoms with van der Waals surface area (Å²) in [7, 11) is 0. The molecule has 0 unspecified atom stereocenters. The van der Waals surface area contributed by atoms with E-state index in [2.05, 4.69) is 0 Å². The number of hydrogen-bond donors (Lipinski definition) is 1. The Hall–Kier alpha value is -0.790. The first-order valence-corrected chi connectivity index (χ1v) is 4.15. The molecule has 0 saturated carbocycles. The Morgan fingerprint density at radius 2 is 1.92 bits per heavy atom. The Morgan fingerprint density at radius 3 is 2.42 bits per heavy atom. The van der Waals surface area contributed by atoms with E-state index in [0.717, 1.165) is 11.1 Å². The van der Waals surface area contributed by atoms with E-state index in [1.807, 2.05) is 37.3 Å². The number of aliphatic hydroxyl groups excluding tert-OH is 1. The van der Waals surface area contributed by atoms with Crippen LogP contribution in [0.4, 0.5) is 0 Å². The van der Waals surface area contributed by atoms with Crippen LogP contribution in [0.15, 0.2) is 35.4 Å². The van der Waals surface area contributed by atoms with Crippen molar-refractivity contribution in [3.05, 3.63) is 40.9 Å². The van der Waals surface area contributed by atoms with E-state index in [1.165, 1.54) is 0 Å². The van der Waals surface area contributed by atoms with Crippen molar-refractivity contribution >= 4 is 17.2 Å². The van der Waals surface area contributed by atoms with Crippen molar-refractivity contribution in [2.45, 2.75) is 6.92 Å². The van der Waals surface area contributed by atoms with Crippen LogP contribution in [0, 0.1) is 0 Å². The van der Waals surface area contributed by atoms with Gasteiger partial charge < -0.3 is 5.11 Å². The fraction of sp³-hybridized carbons (Fsp3) is 0.200. The highest BCUT2D eigenvalue weighted by atomic mass is 35.5. The third-order valence-electron chi connectivity index (χ3n) is 1.75. The lowest BCUT2D eigenvalue weighted by atomic mass is 10.1. The van der Waals surface area contributed by atoms with Crippen molar-refractivity contribution in [3.8, 4) is 0 Å². The Balaban J connectivity index is 3.00. The molecule has 0 aliphatic heterocycles. The van der Waals surface area contributed by atoms with Crippen LogP contribution in [0.5, 0.6) is 0 Å². The second-order valence-corrected chi connectivity index (χ2v) is 3.01. The number of halogens is 1. The second-order valence-electron chi connectivity index (χ2n) is 2.55. The third-order valence-corrected chi connectivity index (χ3v) is 2.16. The fourth-order valence-corrected chi connectivity index (χ4v) is 1.07. The molecule has 1 N–H and O–H groups in total. The summed E-state index contributed by atoms with van der Waals surface area (Å²) in [4.78, 5) is 0. The summed E-state index contributed by atoms with van der Waals surface area (Å²) >= 11 is 5.78. The molecule has 0 radical (unpaired) electrons. The highest BCUT2D eigenvalue weighted by Crippen LogP contribution is 2.19. The predicted octanol–water partition coefficient (Wildman–Crippen LogP) is 2.65. The van der Waals surface area contributed by atoms with Crippen LogP contribution in [0.2, 0.25) is 0 Å². The molecule has 0 atom stereocenters. The first kappa shape index (κ1) is 9.30. The van der Waals surface area contributed by atoms with Crippen LogP contribution in [0.25, 0.3) is 5.57 Å². The van der Waals surface area contributed by atoms with Gasteiger partial charge in [0.25, 0.3) is 0 Å². The number of aliphatic hydroxyl groups is 1. The molecule has 1 rings (SSSR count). The van der Waals surface area contributed by atoms with E-state index < -0.39 is 0 Å². The maximum atomic E-state index is 8.78. The van der Waals surface area contributed by atoms with Gasteiger partial charge in [0.1, 0.15) is 0 Å². The summed E-state index contributed by atoms with van der Waals surface area (Å²) in [5.74, 6) is 0. The Morgan fingerprint density at radius 1 is 1.33 bits per heavy atom. The summed E-state index contributed by atoms with van der Waals surface area (Å²) in [5.41, 5.74) is 1.98. The van der Waals surface area contributed by atoms with Crippen LogP contribution in [0.1, 0.15) is 12.5 Å². The van der Waals surface area contributed by atoms with Gasteiger partial charge in [-0.25, -0.2) is 0 Å². The van der Waals surface area contributed by atoms with E-state index in [4.69, 9.17) is 16.7 Å². The second kappa shape index (κ2) is 4.29. The van der Waals surface area contributed by atoms with E-state index in [1.54, 1.807) is 0 Å². The summed E-state index contributed by atoms with van der Waals surface area (Å²) < 4.78 is 0. The predicted molar refractivity (Wildman–Crippen MR) is 52.0 cm³/mol. The highest BCUT2D eigenvalue weighted by Gasteiger charge is 1.99. The zero-order valence-corrected chi connectivity index (χ0v) is 7.67. The largest absolute Gasteiger partial charge is 0.391 e. The van der Waals surface area contributed by atoms with Gasteiger partial charge in [-0.2, -0.15) is 0 Å². The van der Waals surface area contributed by atoms with Crippen LogP contribution in [-0.4, -0.2) is 11.7 Å². The molecule has 0 fully saturated rings. The molecule has 1 aromatic carbocycles. The maximum absolute atomic E-state index is 8.78. The molecular formula is C10H11ClO. The fourth-order valence-electron chi connectivity index (χ4n) is 0.963.